The van der Waals surface area contributed by atoms with Gasteiger partial charge in [-0.2, -0.15) is 0 Å². The van der Waals surface area contributed by atoms with Crippen LogP contribution in [0.5, 0.6) is 17.2 Å². The zero-order valence-electron chi connectivity index (χ0n) is 18.6. The van der Waals surface area contributed by atoms with Crippen LogP contribution in [0.25, 0.3) is 11.0 Å². The Morgan fingerprint density at radius 1 is 0.971 bits per heavy atom. The number of nitrogens with zero attached hydrogens (tertiary/aromatic N) is 1. The van der Waals surface area contributed by atoms with Gasteiger partial charge in [-0.3, -0.25) is 4.90 Å². The molecule has 4 aromatic rings. The highest BCUT2D eigenvalue weighted by Crippen LogP contribution is 2.40. The maximum atomic E-state index is 13.0. The second-order valence-electron chi connectivity index (χ2n) is 8.65. The first-order valence-corrected chi connectivity index (χ1v) is 11.5. The number of halogens is 1. The fourth-order valence-electron chi connectivity index (χ4n) is 4.66. The smallest absolute Gasteiger partial charge is 0.340 e. The highest BCUT2D eigenvalue weighted by molar-refractivity contribution is 6.33. The lowest BCUT2D eigenvalue weighted by molar-refractivity contribution is 0.0890. The van der Waals surface area contributed by atoms with Gasteiger partial charge in [-0.25, -0.2) is 4.79 Å². The lowest BCUT2D eigenvalue weighted by Crippen LogP contribution is -2.32. The number of ether oxygens (including phenoxy) is 3. The van der Waals surface area contributed by atoms with Gasteiger partial charge in [0.05, 0.1) is 10.6 Å². The molecule has 3 aromatic carbocycles. The maximum Gasteiger partial charge on any atom is 0.340 e. The Hall–Kier alpha value is -3.48. The largest absolute Gasteiger partial charge is 0.476 e. The molecule has 34 heavy (non-hydrogen) atoms. The number of benzene rings is 3. The fourth-order valence-corrected chi connectivity index (χ4v) is 4.94. The van der Waals surface area contributed by atoms with E-state index in [9.17, 15) is 4.79 Å². The average Bonchev–Trinajstić information content (AvgIpc) is 3.31. The van der Waals surface area contributed by atoms with Crippen LogP contribution in [0.1, 0.15) is 27.8 Å². The number of fused-ring (bicyclic) bond motifs is 4. The van der Waals surface area contributed by atoms with Gasteiger partial charge in [0.15, 0.2) is 11.5 Å². The lowest BCUT2D eigenvalue weighted by Gasteiger charge is -2.30. The summed E-state index contributed by atoms with van der Waals surface area (Å²) < 4.78 is 22.8. The molecule has 0 saturated carbocycles. The quantitative estimate of drug-likeness (QED) is 0.367. The highest BCUT2D eigenvalue weighted by Gasteiger charge is 2.26. The SMILES string of the molecule is Cc1c(Cc2ccccc2)c(=O)oc2c3c(c(Cl)cc12)OCN(Cc1ccc2c(c1)OCO2)C3. The maximum absolute atomic E-state index is 13.0. The molecule has 6 rings (SSSR count). The van der Waals surface area contributed by atoms with Gasteiger partial charge >= 0.3 is 5.63 Å². The Morgan fingerprint density at radius 3 is 2.65 bits per heavy atom. The molecule has 2 aliphatic heterocycles. The van der Waals surface area contributed by atoms with E-state index in [1.807, 2.05) is 61.5 Å². The Bertz CT molecular complexity index is 1460. The molecule has 0 radical (unpaired) electrons. The Kier molecular flexibility index (Phi) is 5.20. The molecule has 0 N–H and O–H groups in total. The molecule has 3 heterocycles. The number of hydrogen-bond acceptors (Lipinski definition) is 6. The summed E-state index contributed by atoms with van der Waals surface area (Å²) in [5.74, 6) is 2.08. The molecule has 0 atom stereocenters. The first kappa shape index (κ1) is 21.1. The van der Waals surface area contributed by atoms with Crippen molar-refractivity contribution in [2.24, 2.45) is 0 Å². The summed E-state index contributed by atoms with van der Waals surface area (Å²) in [5.41, 5.74) is 4.66. The molecule has 0 bridgehead atoms. The van der Waals surface area contributed by atoms with E-state index in [2.05, 4.69) is 4.90 Å². The molecular formula is C27H22ClNO5. The second-order valence-corrected chi connectivity index (χ2v) is 9.05. The van der Waals surface area contributed by atoms with E-state index < -0.39 is 0 Å². The Morgan fingerprint density at radius 2 is 1.79 bits per heavy atom. The van der Waals surface area contributed by atoms with Gasteiger partial charge in [-0.15, -0.1) is 0 Å². The summed E-state index contributed by atoms with van der Waals surface area (Å²) in [6.07, 6.45) is 0.506. The van der Waals surface area contributed by atoms with Crippen molar-refractivity contribution >= 4 is 22.6 Å². The molecule has 0 fully saturated rings. The van der Waals surface area contributed by atoms with E-state index in [0.717, 1.165) is 39.1 Å². The van der Waals surface area contributed by atoms with Crippen LogP contribution in [0.4, 0.5) is 0 Å². The molecule has 6 nitrogen and oxygen atoms in total. The normalized spacial score (nSPS) is 14.8. The second kappa shape index (κ2) is 8.38. The molecular weight excluding hydrogens is 454 g/mol. The standard InChI is InChI=1S/C27H22ClNO5/c1-16-19-11-22(28)26-21(25(19)34-27(30)20(16)9-17-5-3-2-4-6-17)13-29(14-31-26)12-18-7-8-23-24(10-18)33-15-32-23/h2-8,10-11H,9,12-15H2,1H3. The Balaban J connectivity index is 1.36. The van der Waals surface area contributed by atoms with Crippen molar-refractivity contribution in [2.75, 3.05) is 13.5 Å². The molecule has 0 aliphatic carbocycles. The van der Waals surface area contributed by atoms with E-state index in [-0.39, 0.29) is 12.4 Å². The number of hydrogen-bond donors (Lipinski definition) is 0. The van der Waals surface area contributed by atoms with Crippen LogP contribution >= 0.6 is 11.6 Å². The van der Waals surface area contributed by atoms with E-state index in [4.69, 9.17) is 30.2 Å². The molecule has 1 aromatic heterocycles. The monoisotopic (exact) mass is 475 g/mol. The average molecular weight is 476 g/mol. The van der Waals surface area contributed by atoms with E-state index in [1.165, 1.54) is 0 Å². The third-order valence-electron chi connectivity index (χ3n) is 6.42. The number of rotatable bonds is 4. The summed E-state index contributed by atoms with van der Waals surface area (Å²) >= 11 is 6.62. The van der Waals surface area contributed by atoms with Crippen molar-refractivity contribution in [3.05, 3.63) is 97.9 Å². The zero-order chi connectivity index (χ0) is 23.2. The highest BCUT2D eigenvalue weighted by atomic mass is 35.5. The zero-order valence-corrected chi connectivity index (χ0v) is 19.4. The molecule has 0 unspecified atom stereocenters. The van der Waals surface area contributed by atoms with Crippen molar-refractivity contribution in [3.63, 3.8) is 0 Å². The predicted octanol–water partition coefficient (Wildman–Crippen LogP) is 5.43. The fraction of sp³-hybridized carbons (Fsp3) is 0.222. The van der Waals surface area contributed by atoms with Gasteiger partial charge in [0.2, 0.25) is 6.79 Å². The number of aryl methyl sites for hydroxylation is 1. The molecule has 0 spiro atoms. The van der Waals surface area contributed by atoms with Gasteiger partial charge in [-0.05, 0) is 41.8 Å². The third kappa shape index (κ3) is 3.69. The van der Waals surface area contributed by atoms with Gasteiger partial charge in [0.1, 0.15) is 18.1 Å². The molecule has 172 valence electrons. The van der Waals surface area contributed by atoms with Crippen molar-refractivity contribution in [1.29, 1.82) is 0 Å². The first-order chi connectivity index (χ1) is 16.6. The van der Waals surface area contributed by atoms with Gasteiger partial charge < -0.3 is 18.6 Å². The Labute approximate surface area is 201 Å². The van der Waals surface area contributed by atoms with Crippen molar-refractivity contribution < 1.29 is 18.6 Å². The van der Waals surface area contributed by atoms with Gasteiger partial charge in [0, 0.05) is 30.5 Å². The van der Waals surface area contributed by atoms with Gasteiger partial charge in [0.25, 0.3) is 0 Å². The van der Waals surface area contributed by atoms with Crippen LogP contribution in [-0.4, -0.2) is 18.4 Å². The molecule has 0 saturated heterocycles. The van der Waals surface area contributed by atoms with Crippen molar-refractivity contribution in [3.8, 4) is 17.2 Å². The van der Waals surface area contributed by atoms with Crippen LogP contribution < -0.4 is 19.8 Å². The van der Waals surface area contributed by atoms with Crippen LogP contribution in [0.15, 0.2) is 63.8 Å². The summed E-state index contributed by atoms with van der Waals surface area (Å²) in [6.45, 7) is 3.76. The van der Waals surface area contributed by atoms with Crippen LogP contribution in [0.2, 0.25) is 5.02 Å². The van der Waals surface area contributed by atoms with Crippen LogP contribution in [-0.2, 0) is 19.5 Å². The van der Waals surface area contributed by atoms with E-state index in [0.29, 0.717) is 48.2 Å². The van der Waals surface area contributed by atoms with Crippen molar-refractivity contribution in [1.82, 2.24) is 4.90 Å². The topological polar surface area (TPSA) is 61.1 Å². The van der Waals surface area contributed by atoms with Gasteiger partial charge in [-0.1, -0.05) is 48.0 Å². The first-order valence-electron chi connectivity index (χ1n) is 11.1. The third-order valence-corrected chi connectivity index (χ3v) is 6.70. The molecule has 7 heteroatoms. The lowest BCUT2D eigenvalue weighted by atomic mass is 9.97. The summed E-state index contributed by atoms with van der Waals surface area (Å²) in [4.78, 5) is 15.2. The minimum absolute atomic E-state index is 0.244. The summed E-state index contributed by atoms with van der Waals surface area (Å²) in [5, 5.41) is 1.36. The van der Waals surface area contributed by atoms with Crippen molar-refractivity contribution in [2.45, 2.75) is 26.4 Å². The van der Waals surface area contributed by atoms with Crippen LogP contribution in [0.3, 0.4) is 0 Å². The minimum Gasteiger partial charge on any atom is -0.476 e. The molecule has 2 aliphatic rings. The van der Waals surface area contributed by atoms with E-state index in [1.54, 1.807) is 0 Å². The van der Waals surface area contributed by atoms with Crippen LogP contribution in [0, 0.1) is 6.92 Å². The summed E-state index contributed by atoms with van der Waals surface area (Å²) in [7, 11) is 0. The molecule has 0 amide bonds. The predicted molar refractivity (Wildman–Crippen MR) is 129 cm³/mol. The summed E-state index contributed by atoms with van der Waals surface area (Å²) in [6, 6.07) is 17.7. The van der Waals surface area contributed by atoms with E-state index >= 15 is 0 Å². The minimum atomic E-state index is -0.328.